The molecule has 15 heavy (non-hydrogen) atoms. The van der Waals surface area contributed by atoms with E-state index < -0.39 is 0 Å². The van der Waals surface area contributed by atoms with Crippen molar-refractivity contribution in [2.45, 2.75) is 12.8 Å². The number of hydrogen-bond acceptors (Lipinski definition) is 3. The monoisotopic (exact) mass is 206 g/mol. The van der Waals surface area contributed by atoms with Crippen molar-refractivity contribution in [3.63, 3.8) is 0 Å². The summed E-state index contributed by atoms with van der Waals surface area (Å²) >= 11 is 0. The Labute approximate surface area is 89.3 Å². The lowest BCUT2D eigenvalue weighted by molar-refractivity contribution is 0.173. The lowest BCUT2D eigenvalue weighted by atomic mass is 10.3. The second kappa shape index (κ2) is 4.73. The van der Waals surface area contributed by atoms with E-state index in [1.807, 2.05) is 24.3 Å². The summed E-state index contributed by atoms with van der Waals surface area (Å²) in [5.41, 5.74) is 0. The van der Waals surface area contributed by atoms with Crippen LogP contribution in [0.2, 0.25) is 0 Å². The van der Waals surface area contributed by atoms with Gasteiger partial charge in [-0.1, -0.05) is 6.08 Å². The van der Waals surface area contributed by atoms with E-state index in [2.05, 4.69) is 6.58 Å². The van der Waals surface area contributed by atoms with Crippen LogP contribution in [0.5, 0.6) is 17.2 Å². The van der Waals surface area contributed by atoms with Gasteiger partial charge in [0.2, 0.25) is 6.79 Å². The Morgan fingerprint density at radius 3 is 3.07 bits per heavy atom. The van der Waals surface area contributed by atoms with E-state index in [9.17, 15) is 0 Å². The van der Waals surface area contributed by atoms with Crippen LogP contribution in [0.4, 0.5) is 0 Å². The zero-order valence-corrected chi connectivity index (χ0v) is 8.57. The van der Waals surface area contributed by atoms with Crippen molar-refractivity contribution in [2.24, 2.45) is 0 Å². The van der Waals surface area contributed by atoms with Gasteiger partial charge in [-0.3, -0.25) is 0 Å². The molecule has 1 aromatic rings. The van der Waals surface area contributed by atoms with Crippen molar-refractivity contribution in [1.82, 2.24) is 0 Å². The van der Waals surface area contributed by atoms with Crippen LogP contribution in [0.25, 0.3) is 0 Å². The quantitative estimate of drug-likeness (QED) is 0.547. The smallest absolute Gasteiger partial charge is 0.231 e. The predicted molar refractivity (Wildman–Crippen MR) is 57.5 cm³/mol. The number of allylic oxidation sites excluding steroid dienone is 1. The van der Waals surface area contributed by atoms with E-state index in [0.717, 1.165) is 30.1 Å². The summed E-state index contributed by atoms with van der Waals surface area (Å²) in [6.07, 6.45) is 3.85. The Morgan fingerprint density at radius 2 is 2.20 bits per heavy atom. The van der Waals surface area contributed by atoms with Crippen molar-refractivity contribution >= 4 is 0 Å². The van der Waals surface area contributed by atoms with Crippen LogP contribution in [-0.4, -0.2) is 13.4 Å². The number of rotatable bonds is 5. The van der Waals surface area contributed by atoms with Crippen LogP contribution < -0.4 is 14.2 Å². The highest BCUT2D eigenvalue weighted by Crippen LogP contribution is 2.35. The van der Waals surface area contributed by atoms with Crippen LogP contribution in [0, 0.1) is 0 Å². The maximum absolute atomic E-state index is 5.55. The van der Waals surface area contributed by atoms with E-state index >= 15 is 0 Å². The third-order valence-electron chi connectivity index (χ3n) is 2.17. The topological polar surface area (TPSA) is 27.7 Å². The molecule has 0 N–H and O–H groups in total. The maximum atomic E-state index is 5.55. The van der Waals surface area contributed by atoms with Gasteiger partial charge in [-0.25, -0.2) is 0 Å². The summed E-state index contributed by atoms with van der Waals surface area (Å²) in [7, 11) is 0. The molecule has 0 spiro atoms. The number of unbranched alkanes of at least 4 members (excludes halogenated alkanes) is 1. The van der Waals surface area contributed by atoms with Gasteiger partial charge in [0, 0.05) is 6.07 Å². The van der Waals surface area contributed by atoms with Crippen molar-refractivity contribution in [1.29, 1.82) is 0 Å². The fourth-order valence-electron chi connectivity index (χ4n) is 1.38. The molecule has 0 aliphatic carbocycles. The summed E-state index contributed by atoms with van der Waals surface area (Å²) in [6, 6.07) is 5.61. The molecule has 0 saturated carbocycles. The van der Waals surface area contributed by atoms with Crippen LogP contribution >= 0.6 is 0 Å². The molecule has 0 fully saturated rings. The Hall–Kier alpha value is -1.64. The second-order valence-corrected chi connectivity index (χ2v) is 3.29. The van der Waals surface area contributed by atoms with Gasteiger partial charge in [0.25, 0.3) is 0 Å². The van der Waals surface area contributed by atoms with Crippen molar-refractivity contribution in [3.8, 4) is 17.2 Å². The highest BCUT2D eigenvalue weighted by molar-refractivity contribution is 5.46. The van der Waals surface area contributed by atoms with Crippen molar-refractivity contribution < 1.29 is 14.2 Å². The molecule has 0 unspecified atom stereocenters. The van der Waals surface area contributed by atoms with Gasteiger partial charge in [0.1, 0.15) is 5.75 Å². The van der Waals surface area contributed by atoms with Gasteiger partial charge in [-0.2, -0.15) is 0 Å². The standard InChI is InChI=1S/C12H14O3/c1-2-3-4-7-13-10-5-6-11-12(8-10)15-9-14-11/h2,5-6,8H,1,3-4,7,9H2. The molecule has 80 valence electrons. The summed E-state index contributed by atoms with van der Waals surface area (Å²) in [5, 5.41) is 0. The normalized spacial score (nSPS) is 12.5. The number of fused-ring (bicyclic) bond motifs is 1. The van der Waals surface area contributed by atoms with E-state index in [4.69, 9.17) is 14.2 Å². The minimum absolute atomic E-state index is 0.301. The number of hydrogen-bond donors (Lipinski definition) is 0. The summed E-state index contributed by atoms with van der Waals surface area (Å²) in [5.74, 6) is 2.37. The first-order valence-electron chi connectivity index (χ1n) is 5.03. The molecule has 2 rings (SSSR count). The predicted octanol–water partition coefficient (Wildman–Crippen LogP) is 2.76. The Bertz CT molecular complexity index is 347. The molecule has 0 radical (unpaired) electrons. The molecule has 1 aliphatic heterocycles. The minimum Gasteiger partial charge on any atom is -0.493 e. The van der Waals surface area contributed by atoms with Gasteiger partial charge >= 0.3 is 0 Å². The SMILES string of the molecule is C=CCCCOc1ccc2c(c1)OCO2. The van der Waals surface area contributed by atoms with Gasteiger partial charge in [0.05, 0.1) is 6.61 Å². The van der Waals surface area contributed by atoms with E-state index in [0.29, 0.717) is 13.4 Å². The lowest BCUT2D eigenvalue weighted by Crippen LogP contribution is -1.96. The third kappa shape index (κ3) is 2.43. The molecule has 0 amide bonds. The Morgan fingerprint density at radius 1 is 1.33 bits per heavy atom. The van der Waals surface area contributed by atoms with E-state index in [1.54, 1.807) is 0 Å². The molecule has 0 aromatic heterocycles. The van der Waals surface area contributed by atoms with Gasteiger partial charge in [0.15, 0.2) is 11.5 Å². The van der Waals surface area contributed by atoms with E-state index in [-0.39, 0.29) is 0 Å². The average Bonchev–Trinajstić information content (AvgIpc) is 2.71. The minimum atomic E-state index is 0.301. The lowest BCUT2D eigenvalue weighted by Gasteiger charge is -2.05. The first-order valence-corrected chi connectivity index (χ1v) is 5.03. The fraction of sp³-hybridized carbons (Fsp3) is 0.333. The molecule has 3 heteroatoms. The fourth-order valence-corrected chi connectivity index (χ4v) is 1.38. The van der Waals surface area contributed by atoms with Crippen LogP contribution in [0.15, 0.2) is 30.9 Å². The highest BCUT2D eigenvalue weighted by Gasteiger charge is 2.13. The molecule has 0 bridgehead atoms. The largest absolute Gasteiger partial charge is 0.493 e. The van der Waals surface area contributed by atoms with E-state index in [1.165, 1.54) is 0 Å². The van der Waals surface area contributed by atoms with Crippen LogP contribution in [-0.2, 0) is 0 Å². The Balaban J connectivity index is 1.89. The van der Waals surface area contributed by atoms with Gasteiger partial charge in [-0.05, 0) is 25.0 Å². The van der Waals surface area contributed by atoms with Gasteiger partial charge < -0.3 is 14.2 Å². The third-order valence-corrected chi connectivity index (χ3v) is 2.17. The molecule has 1 aliphatic rings. The average molecular weight is 206 g/mol. The first kappa shape index (κ1) is 9.90. The van der Waals surface area contributed by atoms with Crippen LogP contribution in [0.3, 0.4) is 0 Å². The van der Waals surface area contributed by atoms with Crippen molar-refractivity contribution in [2.75, 3.05) is 13.4 Å². The zero-order valence-electron chi connectivity index (χ0n) is 8.57. The maximum Gasteiger partial charge on any atom is 0.231 e. The second-order valence-electron chi connectivity index (χ2n) is 3.29. The van der Waals surface area contributed by atoms with Crippen LogP contribution in [0.1, 0.15) is 12.8 Å². The summed E-state index contributed by atoms with van der Waals surface area (Å²) in [4.78, 5) is 0. The van der Waals surface area contributed by atoms with Crippen molar-refractivity contribution in [3.05, 3.63) is 30.9 Å². The molecule has 1 aromatic carbocycles. The zero-order chi connectivity index (χ0) is 10.5. The molecule has 3 nitrogen and oxygen atoms in total. The van der Waals surface area contributed by atoms with Gasteiger partial charge in [-0.15, -0.1) is 6.58 Å². The first-order chi connectivity index (χ1) is 7.40. The summed E-state index contributed by atoms with van der Waals surface area (Å²) < 4.78 is 16.0. The number of ether oxygens (including phenoxy) is 3. The number of benzene rings is 1. The summed E-state index contributed by atoms with van der Waals surface area (Å²) in [6.45, 7) is 4.66. The molecule has 0 atom stereocenters. The molecule has 0 saturated heterocycles. The molecular weight excluding hydrogens is 192 g/mol. The molecule has 1 heterocycles. The molecular formula is C12H14O3. The Kier molecular flexibility index (Phi) is 3.12. The highest BCUT2D eigenvalue weighted by atomic mass is 16.7.